The molecule has 0 radical (unpaired) electrons. The van der Waals surface area contributed by atoms with Gasteiger partial charge in [0.1, 0.15) is 0 Å². The number of hydrogen-bond donors (Lipinski definition) is 1. The lowest BCUT2D eigenvalue weighted by atomic mass is 10.3. The SMILES string of the molecule is CCCCSC(C)CC(=O)O. The van der Waals surface area contributed by atoms with Gasteiger partial charge in [-0.1, -0.05) is 20.3 Å². The van der Waals surface area contributed by atoms with Crippen LogP contribution in [-0.2, 0) is 4.79 Å². The lowest BCUT2D eigenvalue weighted by molar-refractivity contribution is -0.136. The maximum Gasteiger partial charge on any atom is 0.304 e. The van der Waals surface area contributed by atoms with E-state index in [0.29, 0.717) is 0 Å². The molecule has 0 aromatic carbocycles. The molecule has 0 spiro atoms. The Morgan fingerprint density at radius 1 is 1.64 bits per heavy atom. The second kappa shape index (κ2) is 6.53. The quantitative estimate of drug-likeness (QED) is 0.631. The molecule has 0 heterocycles. The van der Waals surface area contributed by atoms with Crippen LogP contribution in [0.3, 0.4) is 0 Å². The summed E-state index contributed by atoms with van der Waals surface area (Å²) in [5.41, 5.74) is 0. The van der Waals surface area contributed by atoms with Crippen molar-refractivity contribution in [2.24, 2.45) is 0 Å². The molecule has 1 N–H and O–H groups in total. The average molecular weight is 176 g/mol. The summed E-state index contributed by atoms with van der Waals surface area (Å²) < 4.78 is 0. The first-order chi connectivity index (χ1) is 5.16. The van der Waals surface area contributed by atoms with Gasteiger partial charge in [-0.15, -0.1) is 0 Å². The third kappa shape index (κ3) is 7.72. The summed E-state index contributed by atoms with van der Waals surface area (Å²) in [6, 6.07) is 0. The average Bonchev–Trinajstić information content (AvgIpc) is 1.86. The van der Waals surface area contributed by atoms with E-state index in [-0.39, 0.29) is 11.7 Å². The van der Waals surface area contributed by atoms with E-state index in [2.05, 4.69) is 6.92 Å². The molecule has 0 rings (SSSR count). The van der Waals surface area contributed by atoms with E-state index in [0.717, 1.165) is 5.75 Å². The van der Waals surface area contributed by atoms with Gasteiger partial charge < -0.3 is 5.11 Å². The van der Waals surface area contributed by atoms with Crippen molar-refractivity contribution < 1.29 is 9.90 Å². The summed E-state index contributed by atoms with van der Waals surface area (Å²) in [5, 5.41) is 8.69. The molecule has 1 unspecified atom stereocenters. The Kier molecular flexibility index (Phi) is 6.42. The van der Waals surface area contributed by atoms with Crippen molar-refractivity contribution in [2.75, 3.05) is 5.75 Å². The minimum atomic E-state index is -0.693. The maximum atomic E-state index is 10.2. The number of aliphatic carboxylic acids is 1. The predicted molar refractivity (Wildman–Crippen MR) is 49.1 cm³/mol. The topological polar surface area (TPSA) is 37.3 Å². The number of thioether (sulfide) groups is 1. The summed E-state index contributed by atoms with van der Waals surface area (Å²) in [5.74, 6) is 0.395. The fraction of sp³-hybridized carbons (Fsp3) is 0.875. The second-order valence-electron chi connectivity index (χ2n) is 2.63. The van der Waals surface area contributed by atoms with Gasteiger partial charge >= 0.3 is 5.97 Å². The van der Waals surface area contributed by atoms with E-state index in [9.17, 15) is 4.79 Å². The Morgan fingerprint density at radius 3 is 2.73 bits per heavy atom. The molecule has 0 fully saturated rings. The Hall–Kier alpha value is -0.180. The molecule has 0 saturated carbocycles. The third-order valence-corrected chi connectivity index (χ3v) is 2.62. The van der Waals surface area contributed by atoms with Crippen molar-refractivity contribution in [1.29, 1.82) is 0 Å². The first-order valence-corrected chi connectivity index (χ1v) is 5.05. The largest absolute Gasteiger partial charge is 0.481 e. The molecular formula is C8H16O2S. The summed E-state index contributed by atoms with van der Waals surface area (Å²) in [7, 11) is 0. The summed E-state index contributed by atoms with van der Waals surface area (Å²) in [4.78, 5) is 10.2. The molecular weight excluding hydrogens is 160 g/mol. The molecule has 0 bridgehead atoms. The van der Waals surface area contributed by atoms with Crippen molar-refractivity contribution in [3.05, 3.63) is 0 Å². The standard InChI is InChI=1S/C8H16O2S/c1-3-4-5-11-7(2)6-8(9)10/h7H,3-6H2,1-2H3,(H,9,10). The summed E-state index contributed by atoms with van der Waals surface area (Å²) in [6.07, 6.45) is 2.66. The zero-order chi connectivity index (χ0) is 8.69. The first-order valence-electron chi connectivity index (χ1n) is 4.00. The molecule has 0 amide bonds. The van der Waals surface area contributed by atoms with E-state index < -0.39 is 5.97 Å². The van der Waals surface area contributed by atoms with Crippen LogP contribution in [0.1, 0.15) is 33.1 Å². The zero-order valence-corrected chi connectivity index (χ0v) is 7.99. The normalized spacial score (nSPS) is 12.9. The highest BCUT2D eigenvalue weighted by molar-refractivity contribution is 7.99. The Balaban J connectivity index is 3.22. The fourth-order valence-corrected chi connectivity index (χ4v) is 1.85. The van der Waals surface area contributed by atoms with Crippen LogP contribution in [0.25, 0.3) is 0 Å². The van der Waals surface area contributed by atoms with E-state index in [1.54, 1.807) is 11.8 Å². The molecule has 0 aromatic heterocycles. The summed E-state index contributed by atoms with van der Waals surface area (Å²) >= 11 is 1.75. The predicted octanol–water partition coefficient (Wildman–Crippen LogP) is 2.38. The van der Waals surface area contributed by atoms with Crippen molar-refractivity contribution >= 4 is 17.7 Å². The Labute approximate surface area is 72.4 Å². The van der Waals surface area contributed by atoms with Gasteiger partial charge in [0.05, 0.1) is 6.42 Å². The van der Waals surface area contributed by atoms with E-state index in [1.807, 2.05) is 6.92 Å². The Morgan fingerprint density at radius 2 is 2.27 bits per heavy atom. The van der Waals surface area contributed by atoms with Gasteiger partial charge in [-0.3, -0.25) is 4.79 Å². The molecule has 1 atom stereocenters. The molecule has 0 aliphatic heterocycles. The molecule has 0 aliphatic carbocycles. The zero-order valence-electron chi connectivity index (χ0n) is 7.17. The smallest absolute Gasteiger partial charge is 0.304 e. The summed E-state index contributed by atoms with van der Waals surface area (Å²) in [6.45, 7) is 4.11. The lowest BCUT2D eigenvalue weighted by Gasteiger charge is -2.06. The number of unbranched alkanes of at least 4 members (excludes halogenated alkanes) is 1. The lowest BCUT2D eigenvalue weighted by Crippen LogP contribution is -2.06. The van der Waals surface area contributed by atoms with Crippen LogP contribution in [0.4, 0.5) is 0 Å². The first kappa shape index (κ1) is 10.8. The van der Waals surface area contributed by atoms with Gasteiger partial charge in [-0.2, -0.15) is 11.8 Å². The van der Waals surface area contributed by atoms with E-state index in [1.165, 1.54) is 12.8 Å². The number of carboxylic acids is 1. The highest BCUT2D eigenvalue weighted by Gasteiger charge is 2.06. The highest BCUT2D eigenvalue weighted by Crippen LogP contribution is 2.15. The van der Waals surface area contributed by atoms with Crippen LogP contribution in [0.15, 0.2) is 0 Å². The van der Waals surface area contributed by atoms with Gasteiger partial charge in [0.2, 0.25) is 0 Å². The van der Waals surface area contributed by atoms with Crippen LogP contribution in [0, 0.1) is 0 Å². The van der Waals surface area contributed by atoms with Crippen molar-refractivity contribution in [1.82, 2.24) is 0 Å². The molecule has 0 aromatic rings. The highest BCUT2D eigenvalue weighted by atomic mass is 32.2. The van der Waals surface area contributed by atoms with Gasteiger partial charge in [0, 0.05) is 5.25 Å². The molecule has 2 nitrogen and oxygen atoms in total. The van der Waals surface area contributed by atoms with Crippen LogP contribution >= 0.6 is 11.8 Å². The van der Waals surface area contributed by atoms with Crippen LogP contribution in [-0.4, -0.2) is 22.1 Å². The molecule has 11 heavy (non-hydrogen) atoms. The van der Waals surface area contributed by atoms with Crippen molar-refractivity contribution in [2.45, 2.75) is 38.4 Å². The molecule has 66 valence electrons. The van der Waals surface area contributed by atoms with E-state index >= 15 is 0 Å². The number of carbonyl (C=O) groups is 1. The molecule has 0 aliphatic rings. The van der Waals surface area contributed by atoms with Crippen LogP contribution in [0.5, 0.6) is 0 Å². The van der Waals surface area contributed by atoms with Gasteiger partial charge in [-0.05, 0) is 12.2 Å². The minimum absolute atomic E-state index is 0.263. The maximum absolute atomic E-state index is 10.2. The van der Waals surface area contributed by atoms with Crippen LogP contribution in [0.2, 0.25) is 0 Å². The van der Waals surface area contributed by atoms with Crippen molar-refractivity contribution in [3.63, 3.8) is 0 Å². The van der Waals surface area contributed by atoms with Gasteiger partial charge in [0.15, 0.2) is 0 Å². The number of rotatable bonds is 6. The van der Waals surface area contributed by atoms with Gasteiger partial charge in [-0.25, -0.2) is 0 Å². The second-order valence-corrected chi connectivity index (χ2v) is 4.18. The monoisotopic (exact) mass is 176 g/mol. The number of carboxylic acid groups (broad SMARTS) is 1. The van der Waals surface area contributed by atoms with Crippen LogP contribution < -0.4 is 0 Å². The van der Waals surface area contributed by atoms with Gasteiger partial charge in [0.25, 0.3) is 0 Å². The minimum Gasteiger partial charge on any atom is -0.481 e. The van der Waals surface area contributed by atoms with Crippen molar-refractivity contribution in [3.8, 4) is 0 Å². The third-order valence-electron chi connectivity index (χ3n) is 1.36. The Bertz CT molecular complexity index is 115. The fourth-order valence-electron chi connectivity index (χ4n) is 0.734. The molecule has 0 saturated heterocycles. The molecule has 3 heteroatoms. The number of hydrogen-bond acceptors (Lipinski definition) is 2. The van der Waals surface area contributed by atoms with E-state index in [4.69, 9.17) is 5.11 Å².